The average molecular weight is 245 g/mol. The van der Waals surface area contributed by atoms with Gasteiger partial charge in [-0.1, -0.05) is 11.6 Å². The third-order valence-corrected chi connectivity index (χ3v) is 4.06. The van der Waals surface area contributed by atoms with Crippen molar-refractivity contribution in [3.8, 4) is 0 Å². The van der Waals surface area contributed by atoms with Crippen molar-refractivity contribution in [2.24, 2.45) is 5.73 Å². The van der Waals surface area contributed by atoms with E-state index in [1.54, 1.807) is 18.3 Å². The van der Waals surface area contributed by atoms with Gasteiger partial charge < -0.3 is 5.73 Å². The molecule has 3 nitrogen and oxygen atoms in total. The van der Waals surface area contributed by atoms with Crippen LogP contribution in [0.25, 0.3) is 0 Å². The first kappa shape index (κ1) is 10.9. The lowest BCUT2D eigenvalue weighted by molar-refractivity contribution is -0.119. The van der Waals surface area contributed by atoms with Crippen LogP contribution in [0.3, 0.4) is 0 Å². The molecule has 0 aliphatic heterocycles. The van der Waals surface area contributed by atoms with E-state index in [9.17, 15) is 4.79 Å². The number of nitrogens with two attached hydrogens (primary N) is 1. The van der Waals surface area contributed by atoms with Crippen molar-refractivity contribution in [1.82, 2.24) is 5.32 Å². The molecule has 0 fully saturated rings. The van der Waals surface area contributed by atoms with Gasteiger partial charge in [-0.25, -0.2) is 0 Å². The summed E-state index contributed by atoms with van der Waals surface area (Å²) in [6.45, 7) is 1.79. The molecule has 0 bridgehead atoms. The van der Waals surface area contributed by atoms with Gasteiger partial charge in [-0.3, -0.25) is 10.1 Å². The Morgan fingerprint density at radius 2 is 2.53 bits per heavy atom. The Labute approximate surface area is 97.6 Å². The third kappa shape index (κ3) is 2.17. The van der Waals surface area contributed by atoms with E-state index in [1.165, 1.54) is 10.4 Å². The van der Waals surface area contributed by atoms with E-state index in [0.717, 1.165) is 17.2 Å². The topological polar surface area (TPSA) is 55.1 Å². The molecule has 1 aliphatic carbocycles. The summed E-state index contributed by atoms with van der Waals surface area (Å²) >= 11 is 7.57. The highest BCUT2D eigenvalue weighted by atomic mass is 35.5. The van der Waals surface area contributed by atoms with E-state index in [1.807, 2.05) is 6.07 Å². The predicted octanol–water partition coefficient (Wildman–Crippen LogP) is 1.85. The lowest BCUT2D eigenvalue weighted by Crippen LogP contribution is -2.40. The molecule has 1 amide bonds. The molecule has 82 valence electrons. The summed E-state index contributed by atoms with van der Waals surface area (Å²) in [6.07, 6.45) is 2.06. The first-order valence-corrected chi connectivity index (χ1v) is 6.11. The molecule has 3 N–H and O–H groups in total. The number of amides is 1. The zero-order chi connectivity index (χ0) is 11.0. The molecule has 5 heteroatoms. The van der Waals surface area contributed by atoms with Crippen LogP contribution in [0.15, 0.2) is 6.07 Å². The number of carbonyl (C=O) groups is 1. The summed E-state index contributed by atoms with van der Waals surface area (Å²) in [7, 11) is 0. The van der Waals surface area contributed by atoms with E-state index in [-0.39, 0.29) is 18.0 Å². The van der Waals surface area contributed by atoms with Gasteiger partial charge in [0.15, 0.2) is 0 Å². The van der Waals surface area contributed by atoms with Crippen LogP contribution in [-0.4, -0.2) is 11.9 Å². The zero-order valence-corrected chi connectivity index (χ0v) is 9.99. The summed E-state index contributed by atoms with van der Waals surface area (Å²) in [6, 6.07) is 1.92. The van der Waals surface area contributed by atoms with Crippen molar-refractivity contribution in [3.05, 3.63) is 20.8 Å². The highest BCUT2D eigenvalue weighted by Crippen LogP contribution is 2.39. The Morgan fingerprint density at radius 3 is 3.20 bits per heavy atom. The number of hydrogen-bond acceptors (Lipinski definition) is 3. The fourth-order valence-corrected chi connectivity index (χ4v) is 3.24. The van der Waals surface area contributed by atoms with Gasteiger partial charge in [0.2, 0.25) is 5.91 Å². The molecule has 15 heavy (non-hydrogen) atoms. The summed E-state index contributed by atoms with van der Waals surface area (Å²) < 4.78 is 0.818. The smallest absolute Gasteiger partial charge is 0.234 e. The van der Waals surface area contributed by atoms with E-state index in [2.05, 4.69) is 5.32 Å². The third-order valence-electron chi connectivity index (χ3n) is 2.73. The fourth-order valence-electron chi connectivity index (χ4n) is 1.89. The molecular weight excluding hydrogens is 232 g/mol. The van der Waals surface area contributed by atoms with Gasteiger partial charge >= 0.3 is 0 Å². The fraction of sp³-hybridized carbons (Fsp3) is 0.500. The Bertz CT molecular complexity index is 391. The summed E-state index contributed by atoms with van der Waals surface area (Å²) in [5, 5.41) is 3.22. The molecule has 1 aliphatic rings. The van der Waals surface area contributed by atoms with Crippen molar-refractivity contribution in [1.29, 1.82) is 0 Å². The maximum absolute atomic E-state index is 10.9. The van der Waals surface area contributed by atoms with Crippen LogP contribution in [0.4, 0.5) is 0 Å². The number of primary amides is 1. The highest BCUT2D eigenvalue weighted by Gasteiger charge is 2.26. The molecule has 1 heterocycles. The number of rotatable bonds is 3. The normalized spacial score (nSPS) is 21.3. The van der Waals surface area contributed by atoms with Crippen LogP contribution in [0.5, 0.6) is 0 Å². The quantitative estimate of drug-likeness (QED) is 0.853. The van der Waals surface area contributed by atoms with Crippen LogP contribution >= 0.6 is 22.9 Å². The largest absolute Gasteiger partial charge is 0.368 e. The Hall–Kier alpha value is -0.580. The van der Waals surface area contributed by atoms with Crippen LogP contribution in [0, 0.1) is 0 Å². The average Bonchev–Trinajstić information content (AvgIpc) is 2.66. The van der Waals surface area contributed by atoms with Crippen molar-refractivity contribution >= 4 is 28.8 Å². The van der Waals surface area contributed by atoms with Gasteiger partial charge in [0.25, 0.3) is 0 Å². The van der Waals surface area contributed by atoms with Gasteiger partial charge in [-0.05, 0) is 31.4 Å². The van der Waals surface area contributed by atoms with Crippen LogP contribution < -0.4 is 11.1 Å². The maximum Gasteiger partial charge on any atom is 0.234 e. The van der Waals surface area contributed by atoms with Crippen molar-refractivity contribution < 1.29 is 4.79 Å². The molecule has 2 unspecified atom stereocenters. The summed E-state index contributed by atoms with van der Waals surface area (Å²) in [4.78, 5) is 12.3. The highest BCUT2D eigenvalue weighted by molar-refractivity contribution is 7.16. The zero-order valence-electron chi connectivity index (χ0n) is 8.42. The van der Waals surface area contributed by atoms with E-state index < -0.39 is 0 Å². The number of halogens is 1. The summed E-state index contributed by atoms with van der Waals surface area (Å²) in [5.74, 6) is -0.315. The molecule has 2 atom stereocenters. The van der Waals surface area contributed by atoms with E-state index in [4.69, 9.17) is 17.3 Å². The van der Waals surface area contributed by atoms with Crippen LogP contribution in [-0.2, 0) is 11.2 Å². The number of carbonyl (C=O) groups excluding carboxylic acids is 1. The second-order valence-corrected chi connectivity index (χ2v) is 5.58. The molecule has 0 aromatic carbocycles. The minimum atomic E-state index is -0.315. The minimum absolute atomic E-state index is 0.228. The van der Waals surface area contributed by atoms with Crippen molar-refractivity contribution in [2.45, 2.75) is 31.8 Å². The molecule has 0 saturated carbocycles. The van der Waals surface area contributed by atoms with Gasteiger partial charge in [-0.2, -0.15) is 0 Å². The first-order chi connectivity index (χ1) is 7.08. The predicted molar refractivity (Wildman–Crippen MR) is 62.2 cm³/mol. The lowest BCUT2D eigenvalue weighted by Gasteiger charge is -2.16. The number of fused-ring (bicyclic) bond motifs is 1. The second kappa shape index (κ2) is 4.12. The number of thiophene rings is 1. The molecule has 0 saturated heterocycles. The molecule has 0 spiro atoms. The molecule has 0 radical (unpaired) electrons. The lowest BCUT2D eigenvalue weighted by atomic mass is 10.1. The Balaban J connectivity index is 2.10. The number of hydrogen-bond donors (Lipinski definition) is 2. The first-order valence-electron chi connectivity index (χ1n) is 4.91. The molecule has 1 aromatic rings. The molecule has 2 rings (SSSR count). The number of aryl methyl sites for hydroxylation is 1. The van der Waals surface area contributed by atoms with E-state index >= 15 is 0 Å². The summed E-state index contributed by atoms with van der Waals surface area (Å²) in [5.41, 5.74) is 6.45. The standard InChI is InChI=1S/C10H13ClN2OS/c1-5(10(12)14)13-7-2-3-8-6(7)4-9(11)15-8/h4-5,7,13H,2-3H2,1H3,(H2,12,14). The number of nitrogens with one attached hydrogen (secondary N) is 1. The Kier molecular flexibility index (Phi) is 3.00. The SMILES string of the molecule is CC(NC1CCc2sc(Cl)cc21)C(N)=O. The van der Waals surface area contributed by atoms with Gasteiger partial charge in [0.1, 0.15) is 0 Å². The maximum atomic E-state index is 10.9. The van der Waals surface area contributed by atoms with Gasteiger partial charge in [-0.15, -0.1) is 11.3 Å². The molecule has 1 aromatic heterocycles. The Morgan fingerprint density at radius 1 is 1.80 bits per heavy atom. The van der Waals surface area contributed by atoms with Gasteiger partial charge in [0.05, 0.1) is 10.4 Å². The van der Waals surface area contributed by atoms with Gasteiger partial charge in [0, 0.05) is 10.9 Å². The second-order valence-electron chi connectivity index (χ2n) is 3.81. The monoisotopic (exact) mass is 244 g/mol. The van der Waals surface area contributed by atoms with Crippen molar-refractivity contribution in [3.63, 3.8) is 0 Å². The van der Waals surface area contributed by atoms with E-state index in [0.29, 0.717) is 0 Å². The molecular formula is C10H13ClN2OS. The minimum Gasteiger partial charge on any atom is -0.368 e. The van der Waals surface area contributed by atoms with Crippen LogP contribution in [0.2, 0.25) is 4.34 Å². The van der Waals surface area contributed by atoms with Crippen molar-refractivity contribution in [2.75, 3.05) is 0 Å². The van der Waals surface area contributed by atoms with Crippen LogP contribution in [0.1, 0.15) is 29.8 Å².